The van der Waals surface area contributed by atoms with E-state index in [-0.39, 0.29) is 11.8 Å². The molecule has 1 N–H and O–H groups in total. The molecule has 32 heavy (non-hydrogen) atoms. The molecule has 0 saturated carbocycles. The van der Waals surface area contributed by atoms with Crippen molar-refractivity contribution in [3.63, 3.8) is 0 Å². The van der Waals surface area contributed by atoms with Gasteiger partial charge in [-0.25, -0.2) is 0 Å². The minimum atomic E-state index is -0.318. The lowest BCUT2D eigenvalue weighted by Gasteiger charge is -2.15. The molecular weight excluding hydrogens is 404 g/mol. The first-order chi connectivity index (χ1) is 15.3. The zero-order valence-corrected chi connectivity index (χ0v) is 19.5. The van der Waals surface area contributed by atoms with E-state index in [0.717, 1.165) is 22.6 Å². The summed E-state index contributed by atoms with van der Waals surface area (Å²) in [6.45, 7) is 9.58. The summed E-state index contributed by atoms with van der Waals surface area (Å²) in [5, 5.41) is 3.25. The number of carbonyl (C=O) groups is 2. The summed E-state index contributed by atoms with van der Waals surface area (Å²) in [7, 11) is 1.60. The van der Waals surface area contributed by atoms with Crippen molar-refractivity contribution in [3.05, 3.63) is 64.9 Å². The maximum Gasteiger partial charge on any atom is 0.278 e. The lowest BCUT2D eigenvalue weighted by Crippen LogP contribution is -2.34. The Bertz CT molecular complexity index is 1010. The molecule has 0 aromatic heterocycles. The van der Waals surface area contributed by atoms with Crippen LogP contribution >= 0.6 is 0 Å². The number of benzene rings is 2. The van der Waals surface area contributed by atoms with E-state index in [0.29, 0.717) is 48.9 Å². The lowest BCUT2D eigenvalue weighted by molar-refractivity contribution is -0.136. The first kappa shape index (κ1) is 23.5. The van der Waals surface area contributed by atoms with Gasteiger partial charge in [-0.05, 0) is 55.5 Å². The quantitative estimate of drug-likeness (QED) is 0.437. The van der Waals surface area contributed by atoms with E-state index in [4.69, 9.17) is 9.47 Å². The highest BCUT2D eigenvalue weighted by molar-refractivity contribution is 6.36. The van der Waals surface area contributed by atoms with Crippen molar-refractivity contribution in [3.8, 4) is 5.75 Å². The zero-order chi connectivity index (χ0) is 23.3. The van der Waals surface area contributed by atoms with Crippen LogP contribution in [-0.4, -0.2) is 43.6 Å². The second-order valence-corrected chi connectivity index (χ2v) is 8.53. The van der Waals surface area contributed by atoms with Crippen molar-refractivity contribution < 1.29 is 19.1 Å². The molecule has 0 radical (unpaired) electrons. The summed E-state index contributed by atoms with van der Waals surface area (Å²) in [6.07, 6.45) is 0.583. The molecule has 6 heteroatoms. The van der Waals surface area contributed by atoms with E-state index in [1.165, 1.54) is 4.90 Å². The Morgan fingerprint density at radius 1 is 1.00 bits per heavy atom. The van der Waals surface area contributed by atoms with Gasteiger partial charge >= 0.3 is 0 Å². The Labute approximate surface area is 190 Å². The molecule has 0 unspecified atom stereocenters. The molecule has 0 fully saturated rings. The van der Waals surface area contributed by atoms with Crippen LogP contribution in [0.25, 0.3) is 5.57 Å². The summed E-state index contributed by atoms with van der Waals surface area (Å²) >= 11 is 0. The van der Waals surface area contributed by atoms with Crippen molar-refractivity contribution >= 4 is 23.1 Å². The number of imide groups is 1. The minimum Gasteiger partial charge on any atom is -0.493 e. The molecule has 1 heterocycles. The van der Waals surface area contributed by atoms with E-state index in [2.05, 4.69) is 19.2 Å². The predicted molar refractivity (Wildman–Crippen MR) is 126 cm³/mol. The Hall–Kier alpha value is -3.12. The van der Waals surface area contributed by atoms with Gasteiger partial charge in [0, 0.05) is 25.9 Å². The molecule has 0 atom stereocenters. The Morgan fingerprint density at radius 3 is 2.34 bits per heavy atom. The van der Waals surface area contributed by atoms with Gasteiger partial charge in [0.05, 0.1) is 12.2 Å². The van der Waals surface area contributed by atoms with Gasteiger partial charge in [0.25, 0.3) is 11.8 Å². The fourth-order valence-electron chi connectivity index (χ4n) is 3.60. The van der Waals surface area contributed by atoms with Crippen LogP contribution in [0.5, 0.6) is 5.75 Å². The molecule has 0 aliphatic carbocycles. The van der Waals surface area contributed by atoms with Crippen LogP contribution in [0.2, 0.25) is 0 Å². The van der Waals surface area contributed by atoms with Crippen LogP contribution in [0.3, 0.4) is 0 Å². The summed E-state index contributed by atoms with van der Waals surface area (Å²) in [4.78, 5) is 27.8. The highest BCUT2D eigenvalue weighted by Gasteiger charge is 2.39. The molecule has 6 nitrogen and oxygen atoms in total. The normalized spacial score (nSPS) is 14.0. The molecular formula is C26H32N2O4. The smallest absolute Gasteiger partial charge is 0.278 e. The number of methoxy groups -OCH3 is 1. The van der Waals surface area contributed by atoms with Crippen molar-refractivity contribution in [1.29, 1.82) is 0 Å². The monoisotopic (exact) mass is 436 g/mol. The molecule has 170 valence electrons. The average molecular weight is 437 g/mol. The highest BCUT2D eigenvalue weighted by atomic mass is 16.5. The second kappa shape index (κ2) is 10.5. The topological polar surface area (TPSA) is 67.9 Å². The fraction of sp³-hybridized carbons (Fsp3) is 0.385. The van der Waals surface area contributed by atoms with E-state index in [1.54, 1.807) is 7.11 Å². The Balaban J connectivity index is 1.95. The molecule has 1 aliphatic rings. The first-order valence-electron chi connectivity index (χ1n) is 11.0. The molecule has 0 bridgehead atoms. The van der Waals surface area contributed by atoms with Crippen LogP contribution in [0.4, 0.5) is 5.69 Å². The lowest BCUT2D eigenvalue weighted by atomic mass is 10.0. The van der Waals surface area contributed by atoms with Crippen LogP contribution in [0, 0.1) is 19.8 Å². The standard InChI is InChI=1S/C26H32N2O4/c1-17(2)16-32-21-10-8-20(9-11-21)23-24(27-22-12-7-18(3)15-19(22)4)26(30)28(25(23)29)13-6-14-31-5/h7-12,15,17,27H,6,13-14,16H2,1-5H3. The van der Waals surface area contributed by atoms with Crippen LogP contribution < -0.4 is 10.1 Å². The van der Waals surface area contributed by atoms with E-state index in [1.807, 2.05) is 56.3 Å². The molecule has 2 amide bonds. The van der Waals surface area contributed by atoms with Gasteiger partial charge in [0.1, 0.15) is 11.4 Å². The van der Waals surface area contributed by atoms with Crippen LogP contribution in [-0.2, 0) is 14.3 Å². The van der Waals surface area contributed by atoms with E-state index in [9.17, 15) is 9.59 Å². The molecule has 2 aromatic rings. The van der Waals surface area contributed by atoms with Gasteiger partial charge in [0.2, 0.25) is 0 Å². The Morgan fingerprint density at radius 2 is 1.72 bits per heavy atom. The van der Waals surface area contributed by atoms with Gasteiger partial charge in [-0.2, -0.15) is 0 Å². The number of rotatable bonds is 10. The highest BCUT2D eigenvalue weighted by Crippen LogP contribution is 2.32. The first-order valence-corrected chi connectivity index (χ1v) is 11.0. The van der Waals surface area contributed by atoms with Gasteiger partial charge < -0.3 is 14.8 Å². The third-order valence-electron chi connectivity index (χ3n) is 5.27. The molecule has 1 aliphatic heterocycles. The van der Waals surface area contributed by atoms with Gasteiger partial charge in [-0.1, -0.05) is 43.7 Å². The predicted octanol–water partition coefficient (Wildman–Crippen LogP) is 4.57. The number of nitrogens with one attached hydrogen (secondary N) is 1. The molecule has 0 saturated heterocycles. The van der Waals surface area contributed by atoms with Crippen LogP contribution in [0.15, 0.2) is 48.2 Å². The van der Waals surface area contributed by atoms with Crippen molar-refractivity contribution in [1.82, 2.24) is 4.90 Å². The largest absolute Gasteiger partial charge is 0.493 e. The molecule has 2 aromatic carbocycles. The third-order valence-corrected chi connectivity index (χ3v) is 5.27. The van der Waals surface area contributed by atoms with Gasteiger partial charge in [-0.15, -0.1) is 0 Å². The number of hydrogen-bond acceptors (Lipinski definition) is 5. The minimum absolute atomic E-state index is 0.297. The summed E-state index contributed by atoms with van der Waals surface area (Å²) in [5.41, 5.74) is 4.31. The number of aryl methyl sites for hydroxylation is 2. The third kappa shape index (κ3) is 5.37. The second-order valence-electron chi connectivity index (χ2n) is 8.53. The fourth-order valence-corrected chi connectivity index (χ4v) is 3.60. The Kier molecular flexibility index (Phi) is 7.70. The van der Waals surface area contributed by atoms with Gasteiger partial charge in [0.15, 0.2) is 0 Å². The van der Waals surface area contributed by atoms with Crippen molar-refractivity contribution in [2.24, 2.45) is 5.92 Å². The molecule has 3 rings (SSSR count). The van der Waals surface area contributed by atoms with Crippen molar-refractivity contribution in [2.45, 2.75) is 34.1 Å². The molecule has 0 spiro atoms. The summed E-state index contributed by atoms with van der Waals surface area (Å²) < 4.78 is 10.9. The number of amides is 2. The zero-order valence-electron chi connectivity index (χ0n) is 19.5. The van der Waals surface area contributed by atoms with Gasteiger partial charge in [-0.3, -0.25) is 14.5 Å². The number of hydrogen-bond donors (Lipinski definition) is 1. The number of nitrogens with zero attached hydrogens (tertiary/aromatic N) is 1. The van der Waals surface area contributed by atoms with E-state index < -0.39 is 0 Å². The number of anilines is 1. The number of ether oxygens (including phenoxy) is 2. The number of carbonyl (C=O) groups excluding carboxylic acids is 2. The van der Waals surface area contributed by atoms with E-state index >= 15 is 0 Å². The maximum absolute atomic E-state index is 13.3. The van der Waals surface area contributed by atoms with Crippen LogP contribution in [0.1, 0.15) is 37.0 Å². The average Bonchev–Trinajstić information content (AvgIpc) is 2.99. The summed E-state index contributed by atoms with van der Waals surface area (Å²) in [5.74, 6) is 0.539. The summed E-state index contributed by atoms with van der Waals surface area (Å²) in [6, 6.07) is 13.3. The SMILES string of the molecule is COCCCN1C(=O)C(Nc2ccc(C)cc2C)=C(c2ccc(OCC(C)C)cc2)C1=O. The van der Waals surface area contributed by atoms with Crippen molar-refractivity contribution in [2.75, 3.05) is 32.2 Å². The maximum atomic E-state index is 13.3.